The van der Waals surface area contributed by atoms with Crippen LogP contribution < -0.4 is 11.1 Å². The second-order valence-electron chi connectivity index (χ2n) is 4.28. The molecule has 4 nitrogen and oxygen atoms in total. The molecule has 0 aliphatic carbocycles. The van der Waals surface area contributed by atoms with Crippen molar-refractivity contribution in [2.75, 3.05) is 11.1 Å². The first kappa shape index (κ1) is 14.1. The first-order valence-electron chi connectivity index (χ1n) is 5.95. The number of nitrogens with one attached hydrogen (secondary N) is 1. The zero-order chi connectivity index (χ0) is 15.0. The van der Waals surface area contributed by atoms with Crippen molar-refractivity contribution in [3.05, 3.63) is 51.5 Å². The Morgan fingerprint density at radius 3 is 2.76 bits per heavy atom. The molecule has 0 saturated heterocycles. The standard InChI is InChI=1S/C14H9Cl2N3OS/c15-8-4-3-7(6-9(8)16)19-14(20)13-11(17)12-10(21-13)2-1-5-18-12/h1-6H,17H2,(H,19,20). The highest BCUT2D eigenvalue weighted by molar-refractivity contribution is 7.21. The average molecular weight is 338 g/mol. The molecular weight excluding hydrogens is 329 g/mol. The van der Waals surface area contributed by atoms with Crippen molar-refractivity contribution in [1.29, 1.82) is 0 Å². The summed E-state index contributed by atoms with van der Waals surface area (Å²) in [5, 5.41) is 3.55. The van der Waals surface area contributed by atoms with Crippen LogP contribution in [0.2, 0.25) is 10.0 Å². The number of rotatable bonds is 2. The van der Waals surface area contributed by atoms with Crippen LogP contribution in [0.1, 0.15) is 9.67 Å². The Morgan fingerprint density at radius 1 is 1.24 bits per heavy atom. The van der Waals surface area contributed by atoms with Crippen LogP contribution in [0.25, 0.3) is 10.2 Å². The summed E-state index contributed by atoms with van der Waals surface area (Å²) in [6.45, 7) is 0. The molecule has 2 aromatic heterocycles. The van der Waals surface area contributed by atoms with Crippen LogP contribution in [0.3, 0.4) is 0 Å². The van der Waals surface area contributed by atoms with Gasteiger partial charge in [-0.1, -0.05) is 23.2 Å². The summed E-state index contributed by atoms with van der Waals surface area (Å²) in [4.78, 5) is 16.9. The van der Waals surface area contributed by atoms with Gasteiger partial charge in [0.1, 0.15) is 10.4 Å². The van der Waals surface area contributed by atoms with Gasteiger partial charge in [0.05, 0.1) is 20.4 Å². The van der Waals surface area contributed by atoms with Crippen LogP contribution in [-0.4, -0.2) is 10.9 Å². The molecule has 0 aliphatic heterocycles. The molecule has 1 amide bonds. The number of benzene rings is 1. The number of anilines is 2. The molecule has 0 spiro atoms. The van der Waals surface area contributed by atoms with Gasteiger partial charge in [-0.05, 0) is 30.3 Å². The predicted octanol–water partition coefficient (Wildman–Crippen LogP) is 4.44. The Bertz CT molecular complexity index is 847. The minimum absolute atomic E-state index is 0.297. The van der Waals surface area contributed by atoms with E-state index in [0.29, 0.717) is 31.8 Å². The summed E-state index contributed by atoms with van der Waals surface area (Å²) in [6, 6.07) is 8.56. The first-order chi connectivity index (χ1) is 10.1. The number of amides is 1. The molecule has 0 atom stereocenters. The van der Waals surface area contributed by atoms with E-state index >= 15 is 0 Å². The summed E-state index contributed by atoms with van der Waals surface area (Å²) in [6.07, 6.45) is 1.64. The molecule has 0 unspecified atom stereocenters. The van der Waals surface area contributed by atoms with E-state index in [4.69, 9.17) is 28.9 Å². The smallest absolute Gasteiger partial charge is 0.267 e. The Morgan fingerprint density at radius 2 is 2.05 bits per heavy atom. The molecule has 3 rings (SSSR count). The summed E-state index contributed by atoms with van der Waals surface area (Å²) >= 11 is 13.1. The molecule has 0 saturated carbocycles. The topological polar surface area (TPSA) is 68.0 Å². The third-order valence-corrected chi connectivity index (χ3v) is 4.76. The molecule has 106 valence electrons. The molecular formula is C14H9Cl2N3OS. The van der Waals surface area contributed by atoms with Gasteiger partial charge in [-0.25, -0.2) is 0 Å². The number of carbonyl (C=O) groups excluding carboxylic acids is 1. The maximum Gasteiger partial charge on any atom is 0.267 e. The number of pyridine rings is 1. The zero-order valence-corrected chi connectivity index (χ0v) is 12.9. The van der Waals surface area contributed by atoms with Gasteiger partial charge in [-0.3, -0.25) is 9.78 Å². The van der Waals surface area contributed by atoms with Gasteiger partial charge in [0, 0.05) is 11.9 Å². The highest BCUT2D eigenvalue weighted by Gasteiger charge is 2.17. The second-order valence-corrected chi connectivity index (χ2v) is 6.14. The lowest BCUT2D eigenvalue weighted by Gasteiger charge is -2.05. The van der Waals surface area contributed by atoms with E-state index in [1.165, 1.54) is 11.3 Å². The molecule has 3 aromatic rings. The van der Waals surface area contributed by atoms with Crippen molar-refractivity contribution in [3.8, 4) is 0 Å². The molecule has 21 heavy (non-hydrogen) atoms. The highest BCUT2D eigenvalue weighted by atomic mass is 35.5. The largest absolute Gasteiger partial charge is 0.396 e. The summed E-state index contributed by atoms with van der Waals surface area (Å²) in [5.74, 6) is -0.297. The zero-order valence-electron chi connectivity index (χ0n) is 10.6. The molecule has 7 heteroatoms. The van der Waals surface area contributed by atoms with E-state index < -0.39 is 0 Å². The first-order valence-corrected chi connectivity index (χ1v) is 7.53. The number of halogens is 2. The number of nitrogens with zero attached hydrogens (tertiary/aromatic N) is 1. The van der Waals surface area contributed by atoms with Crippen molar-refractivity contribution in [1.82, 2.24) is 4.98 Å². The van der Waals surface area contributed by atoms with Crippen molar-refractivity contribution < 1.29 is 4.79 Å². The fourth-order valence-corrected chi connectivity index (χ4v) is 3.15. The van der Waals surface area contributed by atoms with Crippen LogP contribution >= 0.6 is 34.5 Å². The van der Waals surface area contributed by atoms with Crippen molar-refractivity contribution in [2.45, 2.75) is 0 Å². The minimum atomic E-state index is -0.297. The lowest BCUT2D eigenvalue weighted by molar-refractivity contribution is 0.103. The van der Waals surface area contributed by atoms with E-state index in [-0.39, 0.29) is 5.91 Å². The average Bonchev–Trinajstić information content (AvgIpc) is 2.81. The van der Waals surface area contributed by atoms with Crippen molar-refractivity contribution >= 4 is 62.0 Å². The number of fused-ring (bicyclic) bond motifs is 1. The molecule has 2 heterocycles. The van der Waals surface area contributed by atoms with Gasteiger partial charge in [0.25, 0.3) is 5.91 Å². The number of hydrogen-bond acceptors (Lipinski definition) is 4. The highest BCUT2D eigenvalue weighted by Crippen LogP contribution is 2.33. The Kier molecular flexibility index (Phi) is 3.71. The summed E-state index contributed by atoms with van der Waals surface area (Å²) in [5.41, 5.74) is 7.57. The number of hydrogen-bond donors (Lipinski definition) is 2. The maximum atomic E-state index is 12.3. The van der Waals surface area contributed by atoms with E-state index in [1.54, 1.807) is 30.5 Å². The molecule has 0 bridgehead atoms. The van der Waals surface area contributed by atoms with E-state index in [9.17, 15) is 4.79 Å². The van der Waals surface area contributed by atoms with E-state index in [1.807, 2.05) is 6.07 Å². The van der Waals surface area contributed by atoms with Gasteiger partial charge in [0.15, 0.2) is 0 Å². The van der Waals surface area contributed by atoms with Crippen LogP contribution in [0.5, 0.6) is 0 Å². The predicted molar refractivity (Wildman–Crippen MR) is 88.4 cm³/mol. The van der Waals surface area contributed by atoms with E-state index in [2.05, 4.69) is 10.3 Å². The van der Waals surface area contributed by atoms with Crippen LogP contribution in [-0.2, 0) is 0 Å². The normalized spacial score (nSPS) is 10.8. The fourth-order valence-electron chi connectivity index (χ4n) is 1.88. The van der Waals surface area contributed by atoms with Gasteiger partial charge >= 0.3 is 0 Å². The summed E-state index contributed by atoms with van der Waals surface area (Å²) in [7, 11) is 0. The molecule has 0 radical (unpaired) electrons. The Labute approximate surface area is 134 Å². The summed E-state index contributed by atoms with van der Waals surface area (Å²) < 4.78 is 0.870. The van der Waals surface area contributed by atoms with Gasteiger partial charge in [-0.15, -0.1) is 11.3 Å². The van der Waals surface area contributed by atoms with Crippen LogP contribution in [0, 0.1) is 0 Å². The van der Waals surface area contributed by atoms with Crippen molar-refractivity contribution in [3.63, 3.8) is 0 Å². The maximum absolute atomic E-state index is 12.3. The number of aromatic nitrogens is 1. The molecule has 0 aliphatic rings. The van der Waals surface area contributed by atoms with Crippen LogP contribution in [0.4, 0.5) is 11.4 Å². The van der Waals surface area contributed by atoms with Gasteiger partial charge < -0.3 is 11.1 Å². The van der Waals surface area contributed by atoms with Crippen molar-refractivity contribution in [2.24, 2.45) is 0 Å². The minimum Gasteiger partial charge on any atom is -0.396 e. The third-order valence-electron chi connectivity index (χ3n) is 2.87. The number of carbonyl (C=O) groups is 1. The number of thiophene rings is 1. The quantitative estimate of drug-likeness (QED) is 0.726. The van der Waals surface area contributed by atoms with Crippen LogP contribution in [0.15, 0.2) is 36.5 Å². The Hall–Kier alpha value is -1.82. The fraction of sp³-hybridized carbons (Fsp3) is 0. The lowest BCUT2D eigenvalue weighted by atomic mass is 10.3. The van der Waals surface area contributed by atoms with Gasteiger partial charge in [-0.2, -0.15) is 0 Å². The monoisotopic (exact) mass is 337 g/mol. The van der Waals surface area contributed by atoms with Gasteiger partial charge in [0.2, 0.25) is 0 Å². The molecule has 3 N–H and O–H groups in total. The van der Waals surface area contributed by atoms with E-state index in [0.717, 1.165) is 4.70 Å². The number of nitrogen functional groups attached to an aromatic ring is 1. The molecule has 1 aromatic carbocycles. The second kappa shape index (κ2) is 5.52. The number of nitrogens with two attached hydrogens (primary N) is 1. The third kappa shape index (κ3) is 2.68. The lowest BCUT2D eigenvalue weighted by Crippen LogP contribution is -2.11. The Balaban J connectivity index is 1.93. The SMILES string of the molecule is Nc1c(C(=O)Nc2ccc(Cl)c(Cl)c2)sc2cccnc12. The molecule has 0 fully saturated rings.